The van der Waals surface area contributed by atoms with Crippen molar-refractivity contribution in [2.75, 3.05) is 13.2 Å². The topological polar surface area (TPSA) is 64.6 Å². The van der Waals surface area contributed by atoms with Crippen LogP contribution in [-0.2, 0) is 19.1 Å². The second kappa shape index (κ2) is 12.1. The Labute approximate surface area is 159 Å². The third kappa shape index (κ3) is 12.1. The zero-order chi connectivity index (χ0) is 20.3. The molecule has 0 aromatic heterocycles. The summed E-state index contributed by atoms with van der Waals surface area (Å²) in [7, 11) is 0. The largest absolute Gasteiger partial charge is 0.460 e. The van der Waals surface area contributed by atoms with Crippen molar-refractivity contribution in [2.24, 2.45) is 17.8 Å². The summed E-state index contributed by atoms with van der Waals surface area (Å²) in [6.45, 7) is 18.6. The van der Waals surface area contributed by atoms with Crippen molar-refractivity contribution in [3.8, 4) is 0 Å². The first-order valence-corrected chi connectivity index (χ1v) is 9.71. The number of hydrogen-bond donors (Lipinski definition) is 1. The van der Waals surface area contributed by atoms with Gasteiger partial charge in [0.1, 0.15) is 5.60 Å². The molecule has 152 valence electrons. The molecule has 0 aliphatic heterocycles. The van der Waals surface area contributed by atoms with Crippen molar-refractivity contribution in [3.05, 3.63) is 12.7 Å². The molecular weight excluding hydrogens is 330 g/mol. The lowest BCUT2D eigenvalue weighted by Gasteiger charge is -2.29. The van der Waals surface area contributed by atoms with Crippen LogP contribution in [0, 0.1) is 17.8 Å². The van der Waals surface area contributed by atoms with Crippen molar-refractivity contribution in [1.82, 2.24) is 5.32 Å². The fourth-order valence-electron chi connectivity index (χ4n) is 2.65. The predicted molar refractivity (Wildman–Crippen MR) is 106 cm³/mol. The van der Waals surface area contributed by atoms with Crippen LogP contribution in [0.1, 0.15) is 67.7 Å². The standard InChI is InChI=1S/C21H39NO4/c1-9-19(23)22-11-10-12-25-18(16(4)5)14-17(13-15(2)3)20(24)26-21(6,7)8/h9,15-18H,1,10-14H2,2-8H3,(H,22,23). The predicted octanol–water partition coefficient (Wildman–Crippen LogP) is 4.11. The molecule has 0 heterocycles. The van der Waals surface area contributed by atoms with Gasteiger partial charge < -0.3 is 14.8 Å². The van der Waals surface area contributed by atoms with Crippen LogP contribution in [-0.4, -0.2) is 36.7 Å². The third-order valence-corrected chi connectivity index (χ3v) is 3.89. The van der Waals surface area contributed by atoms with Gasteiger partial charge in [-0.15, -0.1) is 0 Å². The Morgan fingerprint density at radius 2 is 1.73 bits per heavy atom. The molecule has 0 aromatic carbocycles. The lowest BCUT2D eigenvalue weighted by molar-refractivity contribution is -0.162. The quantitative estimate of drug-likeness (QED) is 0.319. The van der Waals surface area contributed by atoms with E-state index in [-0.39, 0.29) is 23.9 Å². The molecule has 1 N–H and O–H groups in total. The maximum atomic E-state index is 12.6. The van der Waals surface area contributed by atoms with Crippen LogP contribution in [0.15, 0.2) is 12.7 Å². The summed E-state index contributed by atoms with van der Waals surface area (Å²) in [6.07, 6.45) is 3.42. The van der Waals surface area contributed by atoms with Gasteiger partial charge in [0, 0.05) is 13.2 Å². The fourth-order valence-corrected chi connectivity index (χ4v) is 2.65. The lowest BCUT2D eigenvalue weighted by Crippen LogP contribution is -2.33. The monoisotopic (exact) mass is 369 g/mol. The van der Waals surface area contributed by atoms with E-state index in [2.05, 4.69) is 39.6 Å². The van der Waals surface area contributed by atoms with E-state index in [1.807, 2.05) is 20.8 Å². The Kier molecular flexibility index (Phi) is 11.5. The number of carbonyl (C=O) groups excluding carboxylic acids is 2. The second-order valence-corrected chi connectivity index (χ2v) is 8.60. The molecule has 26 heavy (non-hydrogen) atoms. The number of ether oxygens (including phenoxy) is 2. The highest BCUT2D eigenvalue weighted by molar-refractivity contribution is 5.86. The number of hydrogen-bond acceptors (Lipinski definition) is 4. The number of esters is 1. The smallest absolute Gasteiger partial charge is 0.309 e. The van der Waals surface area contributed by atoms with Gasteiger partial charge in [0.25, 0.3) is 0 Å². The highest BCUT2D eigenvalue weighted by Gasteiger charge is 2.29. The molecule has 0 rings (SSSR count). The van der Waals surface area contributed by atoms with E-state index in [0.717, 1.165) is 12.8 Å². The normalized spacial score (nSPS) is 14.2. The second-order valence-electron chi connectivity index (χ2n) is 8.60. The zero-order valence-corrected chi connectivity index (χ0v) is 17.8. The molecule has 0 aliphatic carbocycles. The first-order chi connectivity index (χ1) is 12.0. The van der Waals surface area contributed by atoms with Gasteiger partial charge >= 0.3 is 5.97 Å². The van der Waals surface area contributed by atoms with E-state index < -0.39 is 5.60 Å². The van der Waals surface area contributed by atoms with Crippen molar-refractivity contribution in [2.45, 2.75) is 79.4 Å². The summed E-state index contributed by atoms with van der Waals surface area (Å²) in [5.41, 5.74) is -0.482. The molecule has 2 atom stereocenters. The van der Waals surface area contributed by atoms with Crippen LogP contribution in [0.5, 0.6) is 0 Å². The van der Waals surface area contributed by atoms with Crippen LogP contribution in [0.3, 0.4) is 0 Å². The molecule has 0 bridgehead atoms. The summed E-state index contributed by atoms with van der Waals surface area (Å²) in [6, 6.07) is 0. The molecule has 0 fully saturated rings. The molecule has 0 saturated carbocycles. The van der Waals surface area contributed by atoms with Gasteiger partial charge in [0.2, 0.25) is 5.91 Å². The fraction of sp³-hybridized carbons (Fsp3) is 0.810. The minimum atomic E-state index is -0.482. The Bertz CT molecular complexity index is 438. The number of amides is 1. The molecule has 0 saturated heterocycles. The highest BCUT2D eigenvalue weighted by Crippen LogP contribution is 2.25. The van der Waals surface area contributed by atoms with Crippen LogP contribution in [0.25, 0.3) is 0 Å². The van der Waals surface area contributed by atoms with E-state index in [0.29, 0.717) is 31.4 Å². The molecule has 0 aliphatic rings. The molecule has 2 unspecified atom stereocenters. The van der Waals surface area contributed by atoms with Crippen molar-refractivity contribution < 1.29 is 19.1 Å². The van der Waals surface area contributed by atoms with Crippen molar-refractivity contribution in [3.63, 3.8) is 0 Å². The molecule has 1 amide bonds. The highest BCUT2D eigenvalue weighted by atomic mass is 16.6. The average molecular weight is 370 g/mol. The van der Waals surface area contributed by atoms with Crippen molar-refractivity contribution in [1.29, 1.82) is 0 Å². The Balaban J connectivity index is 4.68. The van der Waals surface area contributed by atoms with Gasteiger partial charge in [-0.1, -0.05) is 34.3 Å². The molecular formula is C21H39NO4. The molecule has 0 aromatic rings. The molecule has 5 nitrogen and oxygen atoms in total. The summed E-state index contributed by atoms with van der Waals surface area (Å²) < 4.78 is 11.6. The summed E-state index contributed by atoms with van der Waals surface area (Å²) >= 11 is 0. The van der Waals surface area contributed by atoms with Gasteiger partial charge in [-0.05, 0) is 57.9 Å². The van der Waals surface area contributed by atoms with E-state index >= 15 is 0 Å². The van der Waals surface area contributed by atoms with E-state index in [1.165, 1.54) is 6.08 Å². The Morgan fingerprint density at radius 3 is 2.19 bits per heavy atom. The summed E-state index contributed by atoms with van der Waals surface area (Å²) in [5.74, 6) is 0.234. The van der Waals surface area contributed by atoms with Crippen LogP contribution in [0.4, 0.5) is 0 Å². The van der Waals surface area contributed by atoms with Gasteiger partial charge in [-0.2, -0.15) is 0 Å². The third-order valence-electron chi connectivity index (χ3n) is 3.89. The number of nitrogens with one attached hydrogen (secondary N) is 1. The molecule has 0 spiro atoms. The number of rotatable bonds is 12. The van der Waals surface area contributed by atoms with Gasteiger partial charge in [0.05, 0.1) is 12.0 Å². The van der Waals surface area contributed by atoms with Gasteiger partial charge in [0.15, 0.2) is 0 Å². The Morgan fingerprint density at radius 1 is 1.12 bits per heavy atom. The van der Waals surface area contributed by atoms with Gasteiger partial charge in [-0.25, -0.2) is 0 Å². The maximum absolute atomic E-state index is 12.6. The van der Waals surface area contributed by atoms with Crippen LogP contribution in [0.2, 0.25) is 0 Å². The zero-order valence-electron chi connectivity index (χ0n) is 17.8. The summed E-state index contributed by atoms with van der Waals surface area (Å²) in [5, 5.41) is 2.74. The van der Waals surface area contributed by atoms with E-state index in [1.54, 1.807) is 0 Å². The minimum Gasteiger partial charge on any atom is -0.460 e. The first kappa shape index (κ1) is 24.6. The maximum Gasteiger partial charge on any atom is 0.309 e. The first-order valence-electron chi connectivity index (χ1n) is 9.71. The minimum absolute atomic E-state index is 0.0126. The lowest BCUT2D eigenvalue weighted by atomic mass is 9.88. The van der Waals surface area contributed by atoms with Crippen molar-refractivity contribution >= 4 is 11.9 Å². The molecule has 5 heteroatoms. The Hall–Kier alpha value is -1.36. The van der Waals surface area contributed by atoms with Crippen LogP contribution >= 0.6 is 0 Å². The van der Waals surface area contributed by atoms with E-state index in [4.69, 9.17) is 9.47 Å². The number of carbonyl (C=O) groups is 2. The molecule has 0 radical (unpaired) electrons. The van der Waals surface area contributed by atoms with Crippen LogP contribution < -0.4 is 5.32 Å². The van der Waals surface area contributed by atoms with E-state index in [9.17, 15) is 9.59 Å². The van der Waals surface area contributed by atoms with Gasteiger partial charge in [-0.3, -0.25) is 9.59 Å². The average Bonchev–Trinajstić information content (AvgIpc) is 2.49. The SMILES string of the molecule is C=CC(=O)NCCCOC(CC(CC(C)C)C(=O)OC(C)(C)C)C(C)C. The summed E-state index contributed by atoms with van der Waals surface area (Å²) in [4.78, 5) is 23.7.